The molecule has 1 heterocycles. The third-order valence-electron chi connectivity index (χ3n) is 2.56. The van der Waals surface area contributed by atoms with E-state index < -0.39 is 11.9 Å². The summed E-state index contributed by atoms with van der Waals surface area (Å²) in [6.45, 7) is 5.83. The molecule has 1 rings (SSSR count). The number of nitrogens with zero attached hydrogens (tertiary/aromatic N) is 1. The zero-order valence-corrected chi connectivity index (χ0v) is 10.3. The summed E-state index contributed by atoms with van der Waals surface area (Å²) in [5.74, 6) is -1.01. The van der Waals surface area contributed by atoms with Gasteiger partial charge in [-0.15, -0.1) is 0 Å². The highest BCUT2D eigenvalue weighted by Gasteiger charge is 2.21. The summed E-state index contributed by atoms with van der Waals surface area (Å²) in [7, 11) is 0. The topological polar surface area (TPSA) is 70.8 Å². The summed E-state index contributed by atoms with van der Waals surface area (Å²) in [6.07, 6.45) is 1.39. The molecule has 0 aromatic carbocycles. The van der Waals surface area contributed by atoms with Crippen LogP contribution in [0.5, 0.6) is 0 Å². The van der Waals surface area contributed by atoms with Crippen molar-refractivity contribution in [3.8, 4) is 0 Å². The Hall–Kier alpha value is -1.78. The average Bonchev–Trinajstić information content (AvgIpc) is 2.71. The van der Waals surface area contributed by atoms with Crippen molar-refractivity contribution in [3.05, 3.63) is 23.7 Å². The van der Waals surface area contributed by atoms with E-state index in [-0.39, 0.29) is 12.5 Å². The average molecular weight is 239 g/mol. The maximum Gasteiger partial charge on any atom is 0.308 e. The molecule has 1 aromatic rings. The van der Waals surface area contributed by atoms with Gasteiger partial charge < -0.3 is 14.4 Å². The minimum absolute atomic E-state index is 0.197. The van der Waals surface area contributed by atoms with Crippen LogP contribution in [0.2, 0.25) is 0 Å². The van der Waals surface area contributed by atoms with Gasteiger partial charge in [0.25, 0.3) is 5.91 Å². The number of carbonyl (C=O) groups excluding carboxylic acids is 1. The van der Waals surface area contributed by atoms with E-state index >= 15 is 0 Å². The van der Waals surface area contributed by atoms with Gasteiger partial charge in [-0.05, 0) is 19.9 Å². The van der Waals surface area contributed by atoms with Crippen molar-refractivity contribution in [1.29, 1.82) is 0 Å². The van der Waals surface area contributed by atoms with E-state index in [0.717, 1.165) is 0 Å². The fraction of sp³-hybridized carbons (Fsp3) is 0.500. The first-order valence-corrected chi connectivity index (χ1v) is 5.53. The molecule has 1 atom stereocenters. The van der Waals surface area contributed by atoms with Crippen LogP contribution in [0.4, 0.5) is 0 Å². The Bertz CT molecular complexity index is 410. The van der Waals surface area contributed by atoms with Crippen molar-refractivity contribution in [2.45, 2.75) is 20.8 Å². The number of carboxylic acids is 1. The molecular formula is C12H17NO4. The van der Waals surface area contributed by atoms with E-state index in [1.165, 1.54) is 11.2 Å². The monoisotopic (exact) mass is 239 g/mol. The molecule has 0 aliphatic heterocycles. The van der Waals surface area contributed by atoms with Crippen LogP contribution in [0, 0.1) is 12.8 Å². The molecule has 94 valence electrons. The Kier molecular flexibility index (Phi) is 4.31. The molecule has 1 unspecified atom stereocenters. The molecule has 0 aliphatic rings. The largest absolute Gasteiger partial charge is 0.481 e. The molecule has 5 nitrogen and oxygen atoms in total. The van der Waals surface area contributed by atoms with E-state index in [0.29, 0.717) is 17.9 Å². The predicted octanol–water partition coefficient (Wildman–Crippen LogP) is 1.77. The molecule has 0 bridgehead atoms. The number of furan rings is 1. The van der Waals surface area contributed by atoms with E-state index in [1.54, 1.807) is 19.9 Å². The molecule has 5 heteroatoms. The number of aliphatic carboxylic acids is 1. The number of carboxylic acid groups (broad SMARTS) is 1. The third kappa shape index (κ3) is 3.34. The Morgan fingerprint density at radius 2 is 2.18 bits per heavy atom. The van der Waals surface area contributed by atoms with Crippen LogP contribution in [0.1, 0.15) is 30.0 Å². The second kappa shape index (κ2) is 5.52. The quantitative estimate of drug-likeness (QED) is 0.850. The molecule has 1 amide bonds. The predicted molar refractivity (Wildman–Crippen MR) is 61.8 cm³/mol. The van der Waals surface area contributed by atoms with E-state index in [2.05, 4.69) is 0 Å². The van der Waals surface area contributed by atoms with Crippen molar-refractivity contribution in [1.82, 2.24) is 4.90 Å². The van der Waals surface area contributed by atoms with Crippen LogP contribution >= 0.6 is 0 Å². The molecule has 0 aliphatic carbocycles. The van der Waals surface area contributed by atoms with Gasteiger partial charge in [-0.3, -0.25) is 9.59 Å². The highest BCUT2D eigenvalue weighted by Crippen LogP contribution is 2.11. The third-order valence-corrected chi connectivity index (χ3v) is 2.56. The van der Waals surface area contributed by atoms with Gasteiger partial charge in [-0.25, -0.2) is 0 Å². The summed E-state index contributed by atoms with van der Waals surface area (Å²) in [4.78, 5) is 24.3. The standard InChI is InChI=1S/C12H17NO4/c1-4-13(6-8(2)12(15)16)11(14)10-5-9(3)17-7-10/h5,7-8H,4,6H2,1-3H3,(H,15,16). The summed E-state index contributed by atoms with van der Waals surface area (Å²) in [6, 6.07) is 1.65. The number of hydrogen-bond donors (Lipinski definition) is 1. The lowest BCUT2D eigenvalue weighted by Crippen LogP contribution is -2.36. The van der Waals surface area contributed by atoms with Gasteiger partial charge in [-0.1, -0.05) is 6.92 Å². The summed E-state index contributed by atoms with van der Waals surface area (Å²) >= 11 is 0. The molecule has 0 saturated carbocycles. The van der Waals surface area contributed by atoms with Crippen molar-refractivity contribution in [3.63, 3.8) is 0 Å². The molecular weight excluding hydrogens is 222 g/mol. The van der Waals surface area contributed by atoms with Crippen LogP contribution < -0.4 is 0 Å². The number of carbonyl (C=O) groups is 2. The summed E-state index contributed by atoms with van der Waals surface area (Å²) < 4.78 is 5.07. The maximum absolute atomic E-state index is 12.0. The van der Waals surface area contributed by atoms with Crippen LogP contribution in [0.25, 0.3) is 0 Å². The fourth-order valence-electron chi connectivity index (χ4n) is 1.50. The second-order valence-corrected chi connectivity index (χ2v) is 4.03. The zero-order chi connectivity index (χ0) is 13.0. The Morgan fingerprint density at radius 1 is 1.53 bits per heavy atom. The van der Waals surface area contributed by atoms with Gasteiger partial charge in [0.1, 0.15) is 12.0 Å². The maximum atomic E-state index is 12.0. The smallest absolute Gasteiger partial charge is 0.308 e. The molecule has 0 spiro atoms. The lowest BCUT2D eigenvalue weighted by Gasteiger charge is -2.22. The number of hydrogen-bond acceptors (Lipinski definition) is 3. The minimum atomic E-state index is -0.903. The van der Waals surface area contributed by atoms with Gasteiger partial charge in [-0.2, -0.15) is 0 Å². The van der Waals surface area contributed by atoms with Crippen LogP contribution in [0.3, 0.4) is 0 Å². The minimum Gasteiger partial charge on any atom is -0.481 e. The van der Waals surface area contributed by atoms with Gasteiger partial charge in [0.15, 0.2) is 0 Å². The van der Waals surface area contributed by atoms with Crippen molar-refractivity contribution in [2.75, 3.05) is 13.1 Å². The molecule has 0 radical (unpaired) electrons. The Labute approximate surface area is 100 Å². The first-order chi connectivity index (χ1) is 7.95. The highest BCUT2D eigenvalue weighted by atomic mass is 16.4. The first kappa shape index (κ1) is 13.3. The molecule has 0 saturated heterocycles. The molecule has 1 aromatic heterocycles. The second-order valence-electron chi connectivity index (χ2n) is 4.03. The fourth-order valence-corrected chi connectivity index (χ4v) is 1.50. The lowest BCUT2D eigenvalue weighted by atomic mass is 10.1. The normalized spacial score (nSPS) is 12.2. The molecule has 1 N–H and O–H groups in total. The van der Waals surface area contributed by atoms with Gasteiger partial charge in [0, 0.05) is 13.1 Å². The first-order valence-electron chi connectivity index (χ1n) is 5.53. The number of amides is 1. The zero-order valence-electron chi connectivity index (χ0n) is 10.3. The SMILES string of the molecule is CCN(CC(C)C(=O)O)C(=O)c1coc(C)c1. The molecule has 0 fully saturated rings. The lowest BCUT2D eigenvalue weighted by molar-refractivity contribution is -0.141. The Morgan fingerprint density at radius 3 is 2.59 bits per heavy atom. The Balaban J connectivity index is 2.74. The van der Waals surface area contributed by atoms with Crippen LogP contribution in [0.15, 0.2) is 16.7 Å². The van der Waals surface area contributed by atoms with Crippen molar-refractivity contribution < 1.29 is 19.1 Å². The van der Waals surface area contributed by atoms with Crippen LogP contribution in [-0.2, 0) is 4.79 Å². The van der Waals surface area contributed by atoms with Crippen molar-refractivity contribution in [2.24, 2.45) is 5.92 Å². The summed E-state index contributed by atoms with van der Waals surface area (Å²) in [5.41, 5.74) is 0.460. The number of aryl methyl sites for hydroxylation is 1. The van der Waals surface area contributed by atoms with E-state index in [4.69, 9.17) is 9.52 Å². The highest BCUT2D eigenvalue weighted by molar-refractivity contribution is 5.94. The van der Waals surface area contributed by atoms with Gasteiger partial charge in [0.2, 0.25) is 0 Å². The number of rotatable bonds is 5. The van der Waals surface area contributed by atoms with E-state index in [9.17, 15) is 9.59 Å². The van der Waals surface area contributed by atoms with Crippen molar-refractivity contribution >= 4 is 11.9 Å². The summed E-state index contributed by atoms with van der Waals surface area (Å²) in [5, 5.41) is 8.83. The van der Waals surface area contributed by atoms with Gasteiger partial charge in [0.05, 0.1) is 11.5 Å². The van der Waals surface area contributed by atoms with E-state index in [1.807, 2.05) is 6.92 Å². The van der Waals surface area contributed by atoms with Gasteiger partial charge >= 0.3 is 5.97 Å². The molecule has 17 heavy (non-hydrogen) atoms. The van der Waals surface area contributed by atoms with Crippen LogP contribution in [-0.4, -0.2) is 35.0 Å².